The fourth-order valence-corrected chi connectivity index (χ4v) is 5.29. The Morgan fingerprint density at radius 1 is 1.05 bits per heavy atom. The highest BCUT2D eigenvalue weighted by atomic mass is 32.2. The lowest BCUT2D eigenvalue weighted by Crippen LogP contribution is -2.48. The van der Waals surface area contributed by atoms with Gasteiger partial charge in [-0.25, -0.2) is 4.98 Å². The number of nitrogens with zero attached hydrogens (tertiary/aromatic N) is 5. The Morgan fingerprint density at radius 2 is 1.78 bits per heavy atom. The summed E-state index contributed by atoms with van der Waals surface area (Å²) >= 11 is 1.52. The smallest absolute Gasteiger partial charge is 0.317 e. The maximum atomic E-state index is 11.1. The molecule has 0 bridgehead atoms. The van der Waals surface area contributed by atoms with Crippen molar-refractivity contribution in [2.45, 2.75) is 18.0 Å². The maximum Gasteiger partial charge on any atom is 0.317 e. The Balaban J connectivity index is 1.16. The molecule has 1 amide bonds. The van der Waals surface area contributed by atoms with E-state index in [1.54, 1.807) is 12.3 Å². The number of para-hydroxylation sites is 1. The molecule has 2 aliphatic heterocycles. The van der Waals surface area contributed by atoms with Crippen LogP contribution in [0.15, 0.2) is 70.7 Å². The zero-order chi connectivity index (χ0) is 25.6. The number of aromatic nitrogens is 2. The summed E-state index contributed by atoms with van der Waals surface area (Å²) in [4.78, 5) is 25.3. The van der Waals surface area contributed by atoms with E-state index in [4.69, 9.17) is 10.5 Å². The number of rotatable bonds is 8. The number of hydrogen-bond donors (Lipinski definition) is 2. The lowest BCUT2D eigenvalue weighted by atomic mass is 10.1. The summed E-state index contributed by atoms with van der Waals surface area (Å²) in [5.74, 6) is -0.276. The van der Waals surface area contributed by atoms with Gasteiger partial charge in [0.05, 0.1) is 23.0 Å². The molecule has 2 aromatic carbocycles. The fraction of sp³-hybridized carbons (Fsp3) is 0.259. The van der Waals surface area contributed by atoms with Crippen LogP contribution >= 0.6 is 11.8 Å². The predicted octanol–water partition coefficient (Wildman–Crippen LogP) is 3.07. The average molecular weight is 514 g/mol. The largest absolute Gasteiger partial charge is 0.459 e. The summed E-state index contributed by atoms with van der Waals surface area (Å²) in [6.45, 7) is 5.03. The van der Waals surface area contributed by atoms with Crippen molar-refractivity contribution in [1.82, 2.24) is 19.8 Å². The van der Waals surface area contributed by atoms with Crippen molar-refractivity contribution >= 4 is 28.9 Å². The topological polar surface area (TPSA) is 120 Å². The molecule has 0 aliphatic carbocycles. The van der Waals surface area contributed by atoms with Gasteiger partial charge < -0.3 is 15.8 Å². The van der Waals surface area contributed by atoms with Crippen molar-refractivity contribution in [3.63, 3.8) is 0 Å². The van der Waals surface area contributed by atoms with Gasteiger partial charge in [-0.2, -0.15) is 10.2 Å². The van der Waals surface area contributed by atoms with E-state index in [2.05, 4.69) is 43.3 Å². The number of piperazine rings is 1. The lowest BCUT2D eigenvalue weighted by Gasteiger charge is -2.34. The highest BCUT2D eigenvalue weighted by Gasteiger charge is 2.21. The molecule has 3 heterocycles. The molecule has 10 heteroatoms. The van der Waals surface area contributed by atoms with Gasteiger partial charge >= 0.3 is 6.01 Å². The lowest BCUT2D eigenvalue weighted by molar-refractivity contribution is -0.119. The molecule has 0 radical (unpaired) electrons. The number of carbonyl (C=O) groups excluding carboxylic acids is 1. The van der Waals surface area contributed by atoms with Gasteiger partial charge in [0.15, 0.2) is 0 Å². The summed E-state index contributed by atoms with van der Waals surface area (Å²) < 4.78 is 5.85. The summed E-state index contributed by atoms with van der Waals surface area (Å²) in [6.07, 6.45) is 1.61. The van der Waals surface area contributed by atoms with E-state index < -0.39 is 0 Å². The van der Waals surface area contributed by atoms with E-state index in [-0.39, 0.29) is 11.9 Å². The number of allylic oxidation sites excluding steroid dienone is 1. The average Bonchev–Trinajstić information content (AvgIpc) is 3.34. The molecule has 5 rings (SSSR count). The molecule has 0 atom stereocenters. The Kier molecular flexibility index (Phi) is 7.65. The van der Waals surface area contributed by atoms with Gasteiger partial charge in [-0.1, -0.05) is 48.2 Å². The molecular formula is C27H27N7O2S. The second-order valence-electron chi connectivity index (χ2n) is 8.89. The van der Waals surface area contributed by atoms with Gasteiger partial charge in [0.2, 0.25) is 5.91 Å². The van der Waals surface area contributed by atoms with E-state index in [0.29, 0.717) is 24.4 Å². The molecule has 3 N–H and O–H groups in total. The van der Waals surface area contributed by atoms with Crippen LogP contribution in [0.1, 0.15) is 16.8 Å². The molecule has 0 spiro atoms. The molecule has 1 saturated heterocycles. The van der Waals surface area contributed by atoms with Crippen molar-refractivity contribution in [3.05, 3.63) is 82.6 Å². The van der Waals surface area contributed by atoms with Crippen LogP contribution in [0, 0.1) is 11.3 Å². The third-order valence-corrected chi connectivity index (χ3v) is 7.30. The van der Waals surface area contributed by atoms with Gasteiger partial charge in [-0.3, -0.25) is 14.6 Å². The summed E-state index contributed by atoms with van der Waals surface area (Å²) in [5, 5.41) is 13.9. The highest BCUT2D eigenvalue weighted by molar-refractivity contribution is 8.04. The molecule has 9 nitrogen and oxygen atoms in total. The molecular weight excluding hydrogens is 486 g/mol. The monoisotopic (exact) mass is 513 g/mol. The van der Waals surface area contributed by atoms with Crippen LogP contribution in [0.3, 0.4) is 0 Å². The summed E-state index contributed by atoms with van der Waals surface area (Å²) in [7, 11) is 0. The van der Waals surface area contributed by atoms with Crippen LogP contribution < -0.4 is 15.8 Å². The first-order valence-electron chi connectivity index (χ1n) is 12.0. The Bertz CT molecular complexity index is 1320. The van der Waals surface area contributed by atoms with Crippen molar-refractivity contribution in [2.24, 2.45) is 5.73 Å². The molecule has 0 saturated carbocycles. The number of primary amides is 1. The summed E-state index contributed by atoms with van der Waals surface area (Å²) in [6, 6.07) is 20.4. The molecule has 2 aliphatic rings. The molecule has 3 aromatic rings. The van der Waals surface area contributed by atoms with Gasteiger partial charge in [0.25, 0.3) is 0 Å². The summed E-state index contributed by atoms with van der Waals surface area (Å²) in [5.41, 5.74) is 9.47. The van der Waals surface area contributed by atoms with Crippen LogP contribution in [-0.4, -0.2) is 58.4 Å². The normalized spacial score (nSPS) is 16.9. The van der Waals surface area contributed by atoms with Crippen molar-refractivity contribution < 1.29 is 9.53 Å². The second kappa shape index (κ2) is 11.4. The highest BCUT2D eigenvalue weighted by Crippen LogP contribution is 2.43. The molecule has 1 fully saturated rings. The van der Waals surface area contributed by atoms with Crippen molar-refractivity contribution in [1.29, 1.82) is 5.26 Å². The minimum absolute atomic E-state index is 0.226. The standard InChI is InChI=1S/C27H27N7O2S/c28-15-21(26-31-23-3-1-2-4-24(23)37-26)22-9-10-30-27(32-22)36-18-20-7-5-19(6-8-20)16-33-11-13-34(14-12-33)17-25(29)35/h1-10,31H,11-14,16-18H2,(H2,29,35). The maximum absolute atomic E-state index is 11.1. The Morgan fingerprint density at radius 3 is 2.51 bits per heavy atom. The van der Waals surface area contributed by atoms with E-state index in [0.717, 1.165) is 53.9 Å². The first kappa shape index (κ1) is 24.8. The van der Waals surface area contributed by atoms with Gasteiger partial charge in [0, 0.05) is 43.8 Å². The van der Waals surface area contributed by atoms with Crippen LogP contribution in [-0.2, 0) is 17.9 Å². The first-order valence-corrected chi connectivity index (χ1v) is 12.8. The second-order valence-corrected chi connectivity index (χ2v) is 9.94. The molecule has 188 valence electrons. The Labute approximate surface area is 219 Å². The number of hydrogen-bond acceptors (Lipinski definition) is 9. The van der Waals surface area contributed by atoms with Crippen LogP contribution in [0.5, 0.6) is 6.01 Å². The number of carbonyl (C=O) groups is 1. The Hall–Kier alpha value is -3.91. The van der Waals surface area contributed by atoms with Gasteiger partial charge in [-0.05, 0) is 29.3 Å². The van der Waals surface area contributed by atoms with E-state index in [9.17, 15) is 10.1 Å². The molecule has 0 unspecified atom stereocenters. The minimum atomic E-state index is -0.276. The van der Waals surface area contributed by atoms with Gasteiger partial charge in [0.1, 0.15) is 18.2 Å². The van der Waals surface area contributed by atoms with E-state index >= 15 is 0 Å². The number of nitrogens with one attached hydrogen (secondary N) is 1. The number of nitrogens with two attached hydrogens (primary N) is 1. The molecule has 37 heavy (non-hydrogen) atoms. The van der Waals surface area contributed by atoms with Crippen LogP contribution in [0.25, 0.3) is 5.57 Å². The third-order valence-electron chi connectivity index (χ3n) is 6.22. The van der Waals surface area contributed by atoms with Crippen molar-refractivity contribution in [2.75, 3.05) is 38.0 Å². The van der Waals surface area contributed by atoms with Crippen LogP contribution in [0.2, 0.25) is 0 Å². The number of anilines is 1. The number of nitriles is 1. The fourth-order valence-electron chi connectivity index (χ4n) is 4.28. The van der Waals surface area contributed by atoms with E-state index in [1.165, 1.54) is 17.3 Å². The number of fused-ring (bicyclic) bond motifs is 1. The minimum Gasteiger partial charge on any atom is -0.459 e. The number of amides is 1. The van der Waals surface area contributed by atoms with E-state index in [1.807, 2.05) is 36.4 Å². The number of benzene rings is 2. The number of ether oxygens (including phenoxy) is 1. The third kappa shape index (κ3) is 6.27. The first-order chi connectivity index (χ1) is 18.1. The number of thioether (sulfide) groups is 1. The zero-order valence-corrected chi connectivity index (χ0v) is 21.1. The molecule has 1 aromatic heterocycles. The zero-order valence-electron chi connectivity index (χ0n) is 20.3. The SMILES string of the molecule is N#CC(=C1Nc2ccccc2S1)c1ccnc(OCc2ccc(CN3CCN(CC(N)=O)CC3)cc2)n1. The van der Waals surface area contributed by atoms with Crippen LogP contribution in [0.4, 0.5) is 5.69 Å². The van der Waals surface area contributed by atoms with Gasteiger partial charge in [-0.15, -0.1) is 0 Å². The predicted molar refractivity (Wildman–Crippen MR) is 142 cm³/mol. The quantitative estimate of drug-likeness (QED) is 0.438. The van der Waals surface area contributed by atoms with Crippen molar-refractivity contribution in [3.8, 4) is 12.1 Å².